The lowest BCUT2D eigenvalue weighted by molar-refractivity contribution is -0.111. The summed E-state index contributed by atoms with van der Waals surface area (Å²) in [6.45, 7) is 7.21. The number of hydrogen-bond donors (Lipinski definition) is 1. The van der Waals surface area contributed by atoms with Gasteiger partial charge in [-0.05, 0) is 47.0 Å². The van der Waals surface area contributed by atoms with E-state index in [1.165, 1.54) is 6.08 Å². The van der Waals surface area contributed by atoms with Crippen LogP contribution >= 0.6 is 0 Å². The molecule has 0 aliphatic carbocycles. The van der Waals surface area contributed by atoms with Crippen LogP contribution in [0.3, 0.4) is 0 Å². The molecule has 0 unspecified atom stereocenters. The third-order valence-corrected chi connectivity index (χ3v) is 4.49. The first kappa shape index (κ1) is 19.0. The molecule has 0 spiro atoms. The number of ether oxygens (including phenoxy) is 2. The van der Waals surface area contributed by atoms with Gasteiger partial charge in [-0.25, -0.2) is 4.85 Å². The van der Waals surface area contributed by atoms with Crippen molar-refractivity contribution in [2.45, 2.75) is 0 Å². The Bertz CT molecular complexity index is 1150. The fourth-order valence-electron chi connectivity index (χ4n) is 2.90. The first-order valence-electron chi connectivity index (χ1n) is 9.34. The molecule has 0 aromatic heterocycles. The Labute approximate surface area is 174 Å². The Kier molecular flexibility index (Phi) is 5.59. The molecule has 1 aliphatic rings. The molecule has 5 heteroatoms. The van der Waals surface area contributed by atoms with Crippen LogP contribution in [-0.2, 0) is 4.79 Å². The summed E-state index contributed by atoms with van der Waals surface area (Å²) in [5.41, 5.74) is 4.19. The Morgan fingerprint density at radius 3 is 2.23 bits per heavy atom. The summed E-state index contributed by atoms with van der Waals surface area (Å²) in [7, 11) is 0. The van der Waals surface area contributed by atoms with Gasteiger partial charge in [0.2, 0.25) is 12.7 Å². The number of nitrogens with zero attached hydrogens (tertiary/aromatic N) is 1. The Morgan fingerprint density at radius 1 is 0.833 bits per heavy atom. The number of rotatable bonds is 5. The molecule has 1 aliphatic heterocycles. The molecule has 0 atom stereocenters. The van der Waals surface area contributed by atoms with Crippen LogP contribution in [0.4, 0.5) is 11.4 Å². The van der Waals surface area contributed by atoms with E-state index in [9.17, 15) is 4.79 Å². The molecule has 0 saturated heterocycles. The lowest BCUT2D eigenvalue weighted by Crippen LogP contribution is -2.07. The zero-order valence-electron chi connectivity index (χ0n) is 16.0. The van der Waals surface area contributed by atoms with E-state index in [2.05, 4.69) is 10.2 Å². The van der Waals surface area contributed by atoms with Gasteiger partial charge in [0.15, 0.2) is 17.2 Å². The number of nitrogens with one attached hydrogen (secondary N) is 1. The highest BCUT2D eigenvalue weighted by Gasteiger charge is 2.12. The smallest absolute Gasteiger partial charge is 0.248 e. The number of carbonyl (C=O) groups excluding carboxylic acids is 1. The van der Waals surface area contributed by atoms with Crippen molar-refractivity contribution in [2.24, 2.45) is 0 Å². The van der Waals surface area contributed by atoms with Crippen LogP contribution in [0.1, 0.15) is 16.7 Å². The van der Waals surface area contributed by atoms with Gasteiger partial charge in [0.05, 0.1) is 6.57 Å². The zero-order valence-corrected chi connectivity index (χ0v) is 16.0. The summed E-state index contributed by atoms with van der Waals surface area (Å²) in [6, 6.07) is 20.4. The van der Waals surface area contributed by atoms with Crippen molar-refractivity contribution in [2.75, 3.05) is 12.1 Å². The van der Waals surface area contributed by atoms with Crippen molar-refractivity contribution >= 4 is 35.5 Å². The Balaban J connectivity index is 1.34. The molecule has 3 aromatic rings. The maximum Gasteiger partial charge on any atom is 0.248 e. The summed E-state index contributed by atoms with van der Waals surface area (Å²) >= 11 is 0. The minimum atomic E-state index is -0.215. The van der Waals surface area contributed by atoms with Crippen LogP contribution < -0.4 is 14.8 Å². The molecule has 30 heavy (non-hydrogen) atoms. The zero-order chi connectivity index (χ0) is 20.8. The van der Waals surface area contributed by atoms with E-state index in [-0.39, 0.29) is 12.7 Å². The highest BCUT2D eigenvalue weighted by Crippen LogP contribution is 2.33. The van der Waals surface area contributed by atoms with Gasteiger partial charge in [0.1, 0.15) is 0 Å². The highest BCUT2D eigenvalue weighted by molar-refractivity contribution is 6.02. The van der Waals surface area contributed by atoms with Gasteiger partial charge in [0.25, 0.3) is 0 Å². The number of fused-ring (bicyclic) bond motifs is 1. The van der Waals surface area contributed by atoms with Gasteiger partial charge in [0, 0.05) is 11.8 Å². The SMILES string of the molecule is [C-]#[N+]c1ccc(/C=C/C(=O)Nc2ccc(/C=C/c3ccc4c(c3)OCO4)cc2)cc1. The van der Waals surface area contributed by atoms with Crippen molar-refractivity contribution in [3.05, 3.63) is 101 Å². The van der Waals surface area contributed by atoms with Gasteiger partial charge < -0.3 is 14.8 Å². The van der Waals surface area contributed by atoms with Gasteiger partial charge >= 0.3 is 0 Å². The van der Waals surface area contributed by atoms with Crippen molar-refractivity contribution in [3.63, 3.8) is 0 Å². The molecule has 1 heterocycles. The standard InChI is InChI=1S/C25H18N2O3/c1-26-21-10-4-19(5-11-21)9-15-25(28)27-22-12-6-18(7-13-22)2-3-20-8-14-23-24(16-20)30-17-29-23/h2-16H,17H2,(H,27,28)/b3-2+,15-9+. The van der Waals surface area contributed by atoms with Crippen molar-refractivity contribution < 1.29 is 14.3 Å². The lowest BCUT2D eigenvalue weighted by Gasteiger charge is -2.03. The fraction of sp³-hybridized carbons (Fsp3) is 0.0400. The maximum atomic E-state index is 12.1. The van der Waals surface area contributed by atoms with E-state index >= 15 is 0 Å². The molecule has 0 bridgehead atoms. The molecule has 0 radical (unpaired) electrons. The van der Waals surface area contributed by atoms with Crippen LogP contribution in [0.25, 0.3) is 23.1 Å². The molecule has 146 valence electrons. The molecular weight excluding hydrogens is 376 g/mol. The second kappa shape index (κ2) is 8.80. The second-order valence-corrected chi connectivity index (χ2v) is 6.59. The molecular formula is C25H18N2O3. The third kappa shape index (κ3) is 4.75. The number of benzene rings is 3. The van der Waals surface area contributed by atoms with E-state index in [0.29, 0.717) is 11.4 Å². The van der Waals surface area contributed by atoms with Crippen LogP contribution in [-0.4, -0.2) is 12.7 Å². The third-order valence-electron chi connectivity index (χ3n) is 4.49. The summed E-state index contributed by atoms with van der Waals surface area (Å²) < 4.78 is 10.7. The summed E-state index contributed by atoms with van der Waals surface area (Å²) in [4.78, 5) is 15.5. The van der Waals surface area contributed by atoms with Gasteiger partial charge in [-0.15, -0.1) is 0 Å². The summed E-state index contributed by atoms with van der Waals surface area (Å²) in [5, 5.41) is 2.84. The lowest BCUT2D eigenvalue weighted by atomic mass is 10.1. The number of hydrogen-bond acceptors (Lipinski definition) is 3. The minimum absolute atomic E-state index is 0.215. The maximum absolute atomic E-state index is 12.1. The summed E-state index contributed by atoms with van der Waals surface area (Å²) in [6.07, 6.45) is 7.18. The highest BCUT2D eigenvalue weighted by atomic mass is 16.7. The number of amides is 1. The van der Waals surface area contributed by atoms with Crippen molar-refractivity contribution in [3.8, 4) is 11.5 Å². The molecule has 4 rings (SSSR count). The van der Waals surface area contributed by atoms with E-state index < -0.39 is 0 Å². The topological polar surface area (TPSA) is 51.9 Å². The quantitative estimate of drug-likeness (QED) is 0.339. The Morgan fingerprint density at radius 2 is 1.47 bits per heavy atom. The van der Waals surface area contributed by atoms with Crippen molar-refractivity contribution in [1.29, 1.82) is 0 Å². The fourth-order valence-corrected chi connectivity index (χ4v) is 2.90. The van der Waals surface area contributed by atoms with E-state index in [1.54, 1.807) is 30.3 Å². The van der Waals surface area contributed by atoms with Crippen LogP contribution in [0, 0.1) is 6.57 Å². The van der Waals surface area contributed by atoms with Gasteiger partial charge in [-0.1, -0.05) is 54.6 Å². The summed E-state index contributed by atoms with van der Waals surface area (Å²) in [5.74, 6) is 1.31. The predicted octanol–water partition coefficient (Wildman–Crippen LogP) is 5.79. The molecule has 3 aromatic carbocycles. The van der Waals surface area contributed by atoms with E-state index in [1.807, 2.05) is 54.6 Å². The molecule has 0 fully saturated rings. The first-order chi connectivity index (χ1) is 14.7. The van der Waals surface area contributed by atoms with E-state index in [0.717, 1.165) is 28.2 Å². The normalized spacial score (nSPS) is 12.2. The molecule has 0 saturated carbocycles. The molecule has 5 nitrogen and oxygen atoms in total. The average Bonchev–Trinajstić information content (AvgIpc) is 3.25. The van der Waals surface area contributed by atoms with Gasteiger partial charge in [-0.2, -0.15) is 0 Å². The van der Waals surface area contributed by atoms with Crippen LogP contribution in [0.2, 0.25) is 0 Å². The number of carbonyl (C=O) groups is 1. The van der Waals surface area contributed by atoms with Crippen molar-refractivity contribution in [1.82, 2.24) is 0 Å². The van der Waals surface area contributed by atoms with Gasteiger partial charge in [-0.3, -0.25) is 4.79 Å². The van der Waals surface area contributed by atoms with Crippen LogP contribution in [0.5, 0.6) is 11.5 Å². The minimum Gasteiger partial charge on any atom is -0.454 e. The first-order valence-corrected chi connectivity index (χ1v) is 9.34. The number of anilines is 1. The molecule has 1 amide bonds. The van der Waals surface area contributed by atoms with Crippen LogP contribution in [0.15, 0.2) is 72.8 Å². The van der Waals surface area contributed by atoms with E-state index in [4.69, 9.17) is 16.0 Å². The Hall–Kier alpha value is -4.30. The monoisotopic (exact) mass is 394 g/mol. The predicted molar refractivity (Wildman–Crippen MR) is 118 cm³/mol. The average molecular weight is 394 g/mol. The molecule has 1 N–H and O–H groups in total. The second-order valence-electron chi connectivity index (χ2n) is 6.59. The largest absolute Gasteiger partial charge is 0.454 e.